The van der Waals surface area contributed by atoms with E-state index in [9.17, 15) is 9.59 Å². The number of hydrogen-bond acceptors (Lipinski definition) is 3. The van der Waals surface area contributed by atoms with Gasteiger partial charge in [0.15, 0.2) is 0 Å². The average molecular weight is 489 g/mol. The van der Waals surface area contributed by atoms with Crippen LogP contribution < -0.4 is 10.6 Å². The molecule has 1 aromatic heterocycles. The van der Waals surface area contributed by atoms with Crippen molar-refractivity contribution in [1.29, 1.82) is 0 Å². The van der Waals surface area contributed by atoms with Gasteiger partial charge in [-0.2, -0.15) is 0 Å². The molecule has 0 unspecified atom stereocenters. The molecule has 3 aromatic rings. The van der Waals surface area contributed by atoms with Crippen molar-refractivity contribution in [2.45, 2.75) is 39.8 Å². The van der Waals surface area contributed by atoms with Crippen molar-refractivity contribution in [1.82, 2.24) is 15.2 Å². The zero-order valence-electron chi connectivity index (χ0n) is 20.3. The Hall–Kier alpha value is -3.35. The van der Waals surface area contributed by atoms with E-state index in [4.69, 9.17) is 11.6 Å². The van der Waals surface area contributed by atoms with Gasteiger partial charge < -0.3 is 20.5 Å². The summed E-state index contributed by atoms with van der Waals surface area (Å²) in [5.74, 6) is -0.134. The van der Waals surface area contributed by atoms with E-state index in [1.165, 1.54) is 0 Å². The van der Waals surface area contributed by atoms with Gasteiger partial charge in [-0.25, -0.2) is 0 Å². The summed E-state index contributed by atoms with van der Waals surface area (Å²) in [4.78, 5) is 31.8. The minimum Gasteiger partial charge on any atom is -0.358 e. The van der Waals surface area contributed by atoms with Crippen LogP contribution in [0.2, 0.25) is 5.02 Å². The first-order chi connectivity index (χ1) is 16.7. The average Bonchev–Trinajstić information content (AvgIpc) is 3.28. The van der Waals surface area contributed by atoms with E-state index in [0.717, 1.165) is 39.3 Å². The Kier molecular flexibility index (Phi) is 6.03. The monoisotopic (exact) mass is 488 g/mol. The Balaban J connectivity index is 1.55. The number of nitrogens with one attached hydrogen (secondary N) is 3. The van der Waals surface area contributed by atoms with E-state index in [0.29, 0.717) is 29.2 Å². The number of hydrogen-bond donors (Lipinski definition) is 3. The van der Waals surface area contributed by atoms with E-state index in [1.54, 1.807) is 0 Å². The minimum absolute atomic E-state index is 0.0271. The Labute approximate surface area is 210 Å². The van der Waals surface area contributed by atoms with E-state index >= 15 is 0 Å². The predicted octanol–water partition coefficient (Wildman–Crippen LogP) is 5.27. The number of fused-ring (bicyclic) bond motifs is 1. The summed E-state index contributed by atoms with van der Waals surface area (Å²) in [6.45, 7) is 9.39. The number of carbonyl (C=O) groups excluding carboxylic acids is 2. The van der Waals surface area contributed by atoms with Crippen molar-refractivity contribution in [3.63, 3.8) is 0 Å². The maximum Gasteiger partial charge on any atom is 0.256 e. The van der Waals surface area contributed by atoms with Crippen molar-refractivity contribution < 1.29 is 9.59 Å². The number of nitrogens with zero attached hydrogens (tertiary/aromatic N) is 1. The zero-order valence-corrected chi connectivity index (χ0v) is 21.1. The number of aromatic nitrogens is 1. The molecule has 2 aromatic carbocycles. The number of anilines is 1. The van der Waals surface area contributed by atoms with Gasteiger partial charge >= 0.3 is 0 Å². The molecule has 35 heavy (non-hydrogen) atoms. The SMILES string of the molecule is Cc1[nH]c(C=C2C(=O)Nc3cccc(-c4ccc(Cl)cc4)c32)c(C)c1C(=O)N1C[C@@H](C)N[C@@H](C)C1. The lowest BCUT2D eigenvalue weighted by atomic mass is 9.94. The predicted molar refractivity (Wildman–Crippen MR) is 142 cm³/mol. The minimum atomic E-state index is -0.161. The molecule has 1 saturated heterocycles. The van der Waals surface area contributed by atoms with Crippen molar-refractivity contribution in [2.24, 2.45) is 0 Å². The second-order valence-corrected chi connectivity index (χ2v) is 10.0. The first-order valence-electron chi connectivity index (χ1n) is 11.9. The number of benzene rings is 2. The molecule has 6 nitrogen and oxygen atoms in total. The molecule has 0 spiro atoms. The van der Waals surface area contributed by atoms with Gasteiger partial charge in [0.05, 0.1) is 11.1 Å². The van der Waals surface area contributed by atoms with Crippen LogP contribution in [0.3, 0.4) is 0 Å². The second kappa shape index (κ2) is 9.02. The highest BCUT2D eigenvalue weighted by molar-refractivity contribution is 6.36. The van der Waals surface area contributed by atoms with Crippen molar-refractivity contribution in [2.75, 3.05) is 18.4 Å². The van der Waals surface area contributed by atoms with E-state index in [-0.39, 0.29) is 23.9 Å². The molecule has 2 amide bonds. The summed E-state index contributed by atoms with van der Waals surface area (Å²) in [6, 6.07) is 13.9. The summed E-state index contributed by atoms with van der Waals surface area (Å²) in [6.07, 6.45) is 1.86. The second-order valence-electron chi connectivity index (χ2n) is 9.59. The Morgan fingerprint density at radius 3 is 2.43 bits per heavy atom. The third-order valence-electron chi connectivity index (χ3n) is 6.81. The molecular weight excluding hydrogens is 460 g/mol. The Morgan fingerprint density at radius 1 is 1.06 bits per heavy atom. The number of aromatic amines is 1. The Bertz CT molecular complexity index is 1350. The summed E-state index contributed by atoms with van der Waals surface area (Å²) < 4.78 is 0. The van der Waals surface area contributed by atoms with E-state index < -0.39 is 0 Å². The van der Waals surface area contributed by atoms with Gasteiger partial charge in [0, 0.05) is 52.8 Å². The first-order valence-corrected chi connectivity index (χ1v) is 12.3. The van der Waals surface area contributed by atoms with Crippen LogP contribution in [0.25, 0.3) is 22.8 Å². The number of amides is 2. The fraction of sp³-hybridized carbons (Fsp3) is 0.286. The smallest absolute Gasteiger partial charge is 0.256 e. The third kappa shape index (κ3) is 4.28. The quantitative estimate of drug-likeness (QED) is 0.440. The molecule has 0 saturated carbocycles. The maximum atomic E-state index is 13.5. The zero-order chi connectivity index (χ0) is 24.9. The van der Waals surface area contributed by atoms with Gasteiger partial charge in [-0.1, -0.05) is 35.9 Å². The molecule has 180 valence electrons. The highest BCUT2D eigenvalue weighted by Gasteiger charge is 2.31. The lowest BCUT2D eigenvalue weighted by molar-refractivity contribution is -0.110. The van der Waals surface area contributed by atoms with Gasteiger partial charge in [0.1, 0.15) is 0 Å². The highest BCUT2D eigenvalue weighted by atomic mass is 35.5. The topological polar surface area (TPSA) is 77.2 Å². The normalized spacial score (nSPS) is 20.8. The molecule has 0 radical (unpaired) electrons. The maximum absolute atomic E-state index is 13.5. The van der Waals surface area contributed by atoms with Gasteiger partial charge in [-0.15, -0.1) is 0 Å². The molecule has 2 atom stereocenters. The molecule has 3 N–H and O–H groups in total. The third-order valence-corrected chi connectivity index (χ3v) is 7.06. The van der Waals surface area contributed by atoms with Crippen LogP contribution >= 0.6 is 11.6 Å². The van der Waals surface area contributed by atoms with Crippen LogP contribution in [0.4, 0.5) is 5.69 Å². The first kappa shape index (κ1) is 23.4. The van der Waals surface area contributed by atoms with Gasteiger partial charge in [0.25, 0.3) is 11.8 Å². The summed E-state index contributed by atoms with van der Waals surface area (Å²) >= 11 is 6.09. The molecule has 3 heterocycles. The number of halogens is 1. The summed E-state index contributed by atoms with van der Waals surface area (Å²) in [5.41, 5.74) is 7.23. The molecule has 2 aliphatic heterocycles. The number of piperazine rings is 1. The number of rotatable bonds is 3. The fourth-order valence-electron chi connectivity index (χ4n) is 5.29. The molecule has 5 rings (SSSR count). The van der Waals surface area contributed by atoms with Crippen LogP contribution in [0.5, 0.6) is 0 Å². The highest BCUT2D eigenvalue weighted by Crippen LogP contribution is 2.41. The van der Waals surface area contributed by atoms with E-state index in [1.807, 2.05) is 67.3 Å². The summed E-state index contributed by atoms with van der Waals surface area (Å²) in [5, 5.41) is 7.12. The lowest BCUT2D eigenvalue weighted by Crippen LogP contribution is -2.55. The molecule has 0 bridgehead atoms. The largest absolute Gasteiger partial charge is 0.358 e. The summed E-state index contributed by atoms with van der Waals surface area (Å²) in [7, 11) is 0. The number of aryl methyl sites for hydroxylation is 1. The molecular formula is C28H29ClN4O2. The standard InChI is InChI=1S/C28H29ClN4O2/c1-15-13-33(14-16(2)30-15)28(35)25-17(3)24(31-18(25)4)12-22-26-21(19-8-10-20(29)11-9-19)6-5-7-23(26)32-27(22)34/h5-12,15-16,30-31H,13-14H2,1-4H3,(H,32,34)/t15-,16+. The molecule has 2 aliphatic rings. The van der Waals surface area contributed by atoms with Gasteiger partial charge in [-0.3, -0.25) is 9.59 Å². The lowest BCUT2D eigenvalue weighted by Gasteiger charge is -2.36. The van der Waals surface area contributed by atoms with Crippen LogP contribution in [-0.4, -0.2) is 46.9 Å². The van der Waals surface area contributed by atoms with Crippen molar-refractivity contribution in [3.05, 3.63) is 75.6 Å². The molecule has 1 fully saturated rings. The van der Waals surface area contributed by atoms with E-state index in [2.05, 4.69) is 29.5 Å². The van der Waals surface area contributed by atoms with Crippen LogP contribution in [-0.2, 0) is 4.79 Å². The van der Waals surface area contributed by atoms with Gasteiger partial charge in [-0.05, 0) is 68.7 Å². The van der Waals surface area contributed by atoms with Crippen LogP contribution in [0, 0.1) is 13.8 Å². The molecule has 7 heteroatoms. The molecule has 0 aliphatic carbocycles. The van der Waals surface area contributed by atoms with Gasteiger partial charge in [0.2, 0.25) is 0 Å². The Morgan fingerprint density at radius 2 is 1.74 bits per heavy atom. The van der Waals surface area contributed by atoms with Crippen molar-refractivity contribution >= 4 is 40.8 Å². The van der Waals surface area contributed by atoms with Crippen LogP contribution in [0.1, 0.15) is 46.7 Å². The fourth-order valence-corrected chi connectivity index (χ4v) is 5.42. The van der Waals surface area contributed by atoms with Crippen molar-refractivity contribution in [3.8, 4) is 11.1 Å². The number of H-pyrrole nitrogens is 1. The van der Waals surface area contributed by atoms with Crippen LogP contribution in [0.15, 0.2) is 42.5 Å². The number of carbonyl (C=O) groups is 2.